The van der Waals surface area contributed by atoms with Gasteiger partial charge < -0.3 is 0 Å². The smallest absolute Gasteiger partial charge is 0.0122 e. The van der Waals surface area contributed by atoms with Gasteiger partial charge in [-0.1, -0.05) is 51.5 Å². The zero-order chi connectivity index (χ0) is 13.0. The van der Waals surface area contributed by atoms with Crippen LogP contribution in [0.3, 0.4) is 0 Å². The maximum atomic E-state index is 2.40. The zero-order valence-corrected chi connectivity index (χ0v) is 12.3. The number of hydrogen-bond acceptors (Lipinski definition) is 0. The lowest BCUT2D eigenvalue weighted by Crippen LogP contribution is -2.11. The van der Waals surface area contributed by atoms with Crippen molar-refractivity contribution in [3.63, 3.8) is 0 Å². The molecule has 0 saturated heterocycles. The Balaban J connectivity index is 1.91. The molecule has 18 heavy (non-hydrogen) atoms. The van der Waals surface area contributed by atoms with Gasteiger partial charge in [0, 0.05) is 0 Å². The SMILES string of the molecule is CC(C)C(C)CCCC1=C2C=CCCC2CC=C1. The molecule has 2 rings (SSSR count). The molecular formula is C18H28. The normalized spacial score (nSPS) is 24.6. The summed E-state index contributed by atoms with van der Waals surface area (Å²) in [6.07, 6.45) is 17.5. The van der Waals surface area contributed by atoms with Crippen molar-refractivity contribution in [3.8, 4) is 0 Å². The molecular weight excluding hydrogens is 216 g/mol. The number of fused-ring (bicyclic) bond motifs is 1. The van der Waals surface area contributed by atoms with E-state index in [0.29, 0.717) is 0 Å². The summed E-state index contributed by atoms with van der Waals surface area (Å²) >= 11 is 0. The quantitative estimate of drug-likeness (QED) is 0.584. The minimum absolute atomic E-state index is 0.826. The van der Waals surface area contributed by atoms with E-state index in [1.807, 2.05) is 0 Å². The maximum absolute atomic E-state index is 2.40. The van der Waals surface area contributed by atoms with Crippen molar-refractivity contribution in [2.24, 2.45) is 17.8 Å². The van der Waals surface area contributed by atoms with Gasteiger partial charge in [-0.3, -0.25) is 0 Å². The third-order valence-corrected chi connectivity index (χ3v) is 4.77. The van der Waals surface area contributed by atoms with Crippen LogP contribution in [0.5, 0.6) is 0 Å². The molecule has 0 saturated carbocycles. The molecule has 2 aliphatic rings. The van der Waals surface area contributed by atoms with Crippen LogP contribution >= 0.6 is 0 Å². The highest BCUT2D eigenvalue weighted by Gasteiger charge is 2.19. The van der Waals surface area contributed by atoms with Gasteiger partial charge in [0.2, 0.25) is 0 Å². The highest BCUT2D eigenvalue weighted by atomic mass is 14.2. The monoisotopic (exact) mass is 244 g/mol. The number of rotatable bonds is 5. The maximum Gasteiger partial charge on any atom is -0.0122 e. The fourth-order valence-corrected chi connectivity index (χ4v) is 3.06. The number of hydrogen-bond donors (Lipinski definition) is 0. The van der Waals surface area contributed by atoms with Crippen LogP contribution in [-0.4, -0.2) is 0 Å². The summed E-state index contributed by atoms with van der Waals surface area (Å²) in [7, 11) is 0. The van der Waals surface area contributed by atoms with E-state index in [9.17, 15) is 0 Å². The molecule has 0 fully saturated rings. The Hall–Kier alpha value is -0.780. The first-order valence-electron chi connectivity index (χ1n) is 7.74. The topological polar surface area (TPSA) is 0 Å². The van der Waals surface area contributed by atoms with Crippen LogP contribution in [0, 0.1) is 17.8 Å². The van der Waals surface area contributed by atoms with Crippen molar-refractivity contribution in [2.75, 3.05) is 0 Å². The first-order valence-corrected chi connectivity index (χ1v) is 7.74. The first-order chi connectivity index (χ1) is 8.68. The highest BCUT2D eigenvalue weighted by Crippen LogP contribution is 2.35. The largest absolute Gasteiger partial charge is 0.0842 e. The second-order valence-electron chi connectivity index (χ2n) is 6.41. The summed E-state index contributed by atoms with van der Waals surface area (Å²) in [6, 6.07) is 0. The minimum Gasteiger partial charge on any atom is -0.0842 e. The predicted octanol–water partition coefficient (Wildman–Crippen LogP) is 5.67. The Morgan fingerprint density at radius 2 is 2.00 bits per heavy atom. The molecule has 0 heteroatoms. The fourth-order valence-electron chi connectivity index (χ4n) is 3.06. The molecule has 0 heterocycles. The van der Waals surface area contributed by atoms with Crippen molar-refractivity contribution < 1.29 is 0 Å². The van der Waals surface area contributed by atoms with Crippen LogP contribution in [0.4, 0.5) is 0 Å². The van der Waals surface area contributed by atoms with E-state index in [4.69, 9.17) is 0 Å². The third kappa shape index (κ3) is 3.37. The van der Waals surface area contributed by atoms with Gasteiger partial charge in [-0.05, 0) is 61.0 Å². The van der Waals surface area contributed by atoms with Crippen LogP contribution in [0.2, 0.25) is 0 Å². The van der Waals surface area contributed by atoms with Gasteiger partial charge in [-0.15, -0.1) is 0 Å². The molecule has 2 unspecified atom stereocenters. The number of allylic oxidation sites excluding steroid dienone is 6. The van der Waals surface area contributed by atoms with E-state index >= 15 is 0 Å². The van der Waals surface area contributed by atoms with E-state index in [1.54, 1.807) is 11.1 Å². The summed E-state index contributed by atoms with van der Waals surface area (Å²) in [5, 5.41) is 0. The molecule has 2 aliphatic carbocycles. The van der Waals surface area contributed by atoms with Gasteiger partial charge in [0.05, 0.1) is 0 Å². The Labute approximate surface area is 113 Å². The van der Waals surface area contributed by atoms with Gasteiger partial charge in [-0.2, -0.15) is 0 Å². The molecule has 100 valence electrons. The molecule has 0 aromatic carbocycles. The molecule has 0 aromatic heterocycles. The molecule has 2 atom stereocenters. The van der Waals surface area contributed by atoms with E-state index in [1.165, 1.54) is 38.5 Å². The van der Waals surface area contributed by atoms with Crippen LogP contribution in [-0.2, 0) is 0 Å². The highest BCUT2D eigenvalue weighted by molar-refractivity contribution is 5.39. The van der Waals surface area contributed by atoms with Crippen molar-refractivity contribution in [1.29, 1.82) is 0 Å². The molecule has 0 bridgehead atoms. The average Bonchev–Trinajstić information content (AvgIpc) is 2.38. The lowest BCUT2D eigenvalue weighted by Gasteiger charge is -2.26. The Bertz CT molecular complexity index is 354. The van der Waals surface area contributed by atoms with E-state index in [-0.39, 0.29) is 0 Å². The molecule has 0 N–H and O–H groups in total. The molecule has 0 radical (unpaired) electrons. The standard InChI is InChI=1S/C18H28/c1-14(2)15(3)8-6-10-17-12-7-11-16-9-4-5-13-18(16)17/h5,7,12-16H,4,6,8-11H2,1-3H3. The summed E-state index contributed by atoms with van der Waals surface area (Å²) in [6.45, 7) is 7.07. The summed E-state index contributed by atoms with van der Waals surface area (Å²) in [5.41, 5.74) is 3.28. The second kappa shape index (κ2) is 6.41. The molecule has 0 nitrogen and oxygen atoms in total. The van der Waals surface area contributed by atoms with Crippen LogP contribution in [0.25, 0.3) is 0 Å². The van der Waals surface area contributed by atoms with Crippen molar-refractivity contribution in [1.82, 2.24) is 0 Å². The van der Waals surface area contributed by atoms with Gasteiger partial charge in [-0.25, -0.2) is 0 Å². The predicted molar refractivity (Wildman–Crippen MR) is 80.5 cm³/mol. The minimum atomic E-state index is 0.826. The van der Waals surface area contributed by atoms with E-state index < -0.39 is 0 Å². The van der Waals surface area contributed by atoms with E-state index in [0.717, 1.165) is 17.8 Å². The van der Waals surface area contributed by atoms with Crippen LogP contribution < -0.4 is 0 Å². The fraction of sp³-hybridized carbons (Fsp3) is 0.667. The molecule has 0 amide bonds. The van der Waals surface area contributed by atoms with Crippen LogP contribution in [0.15, 0.2) is 35.5 Å². The van der Waals surface area contributed by atoms with Crippen molar-refractivity contribution in [3.05, 3.63) is 35.5 Å². The van der Waals surface area contributed by atoms with Gasteiger partial charge in [0.1, 0.15) is 0 Å². The second-order valence-corrected chi connectivity index (χ2v) is 6.41. The average molecular weight is 244 g/mol. The van der Waals surface area contributed by atoms with E-state index in [2.05, 4.69) is 45.1 Å². The van der Waals surface area contributed by atoms with Gasteiger partial charge in [0.15, 0.2) is 0 Å². The summed E-state index contributed by atoms with van der Waals surface area (Å²) in [5.74, 6) is 2.52. The summed E-state index contributed by atoms with van der Waals surface area (Å²) in [4.78, 5) is 0. The van der Waals surface area contributed by atoms with Gasteiger partial charge in [0.25, 0.3) is 0 Å². The van der Waals surface area contributed by atoms with Gasteiger partial charge >= 0.3 is 0 Å². The lowest BCUT2D eigenvalue weighted by atomic mass is 9.79. The molecule has 0 spiro atoms. The first kappa shape index (κ1) is 13.6. The molecule has 0 aromatic rings. The summed E-state index contributed by atoms with van der Waals surface area (Å²) < 4.78 is 0. The lowest BCUT2D eigenvalue weighted by molar-refractivity contribution is 0.382. The third-order valence-electron chi connectivity index (χ3n) is 4.77. The zero-order valence-electron chi connectivity index (χ0n) is 12.3. The van der Waals surface area contributed by atoms with Crippen molar-refractivity contribution in [2.45, 2.75) is 59.3 Å². The van der Waals surface area contributed by atoms with Crippen LogP contribution in [0.1, 0.15) is 59.3 Å². The van der Waals surface area contributed by atoms with Crippen molar-refractivity contribution >= 4 is 0 Å². The Kier molecular flexibility index (Phi) is 4.86. The Morgan fingerprint density at radius 3 is 2.78 bits per heavy atom. The molecule has 0 aliphatic heterocycles. The Morgan fingerprint density at radius 1 is 1.17 bits per heavy atom.